The van der Waals surface area contributed by atoms with Gasteiger partial charge < -0.3 is 9.47 Å². The molecule has 0 saturated carbocycles. The number of rotatable bonds is 8. The maximum atomic E-state index is 5.63. The van der Waals surface area contributed by atoms with Crippen LogP contribution < -0.4 is 14.3 Å². The third-order valence-electron chi connectivity index (χ3n) is 4.73. The van der Waals surface area contributed by atoms with Crippen LogP contribution in [-0.4, -0.2) is 31.7 Å². The molecule has 0 spiro atoms. The molecule has 2 aromatic heterocycles. The van der Waals surface area contributed by atoms with Crippen LogP contribution in [0, 0.1) is 0 Å². The van der Waals surface area contributed by atoms with Crippen molar-refractivity contribution in [1.29, 1.82) is 0 Å². The average Bonchev–Trinajstić information content (AvgIpc) is 3.48. The Morgan fingerprint density at radius 1 is 1.00 bits per heavy atom. The summed E-state index contributed by atoms with van der Waals surface area (Å²) in [5, 5.41) is 10.9. The lowest BCUT2D eigenvalue weighted by atomic mass is 10.1. The van der Waals surface area contributed by atoms with Gasteiger partial charge in [-0.25, -0.2) is 4.68 Å². The number of thiophene rings is 1. The number of methoxy groups -OCH3 is 2. The summed E-state index contributed by atoms with van der Waals surface area (Å²) in [6, 6.07) is 18.2. The number of aromatic nitrogens is 1. The van der Waals surface area contributed by atoms with Gasteiger partial charge in [-0.05, 0) is 40.9 Å². The van der Waals surface area contributed by atoms with Gasteiger partial charge in [0.2, 0.25) is 4.80 Å². The molecule has 4 aromatic rings. The first kappa shape index (κ1) is 21.1. The van der Waals surface area contributed by atoms with Crippen LogP contribution in [0.15, 0.2) is 80.8 Å². The van der Waals surface area contributed by atoms with E-state index in [0.29, 0.717) is 6.54 Å². The van der Waals surface area contributed by atoms with Crippen LogP contribution in [0.1, 0.15) is 11.1 Å². The summed E-state index contributed by atoms with van der Waals surface area (Å²) in [6.07, 6.45) is 2.74. The van der Waals surface area contributed by atoms with E-state index in [9.17, 15) is 0 Å². The molecule has 158 valence electrons. The van der Waals surface area contributed by atoms with E-state index in [1.165, 1.54) is 5.56 Å². The van der Waals surface area contributed by atoms with E-state index in [0.717, 1.165) is 39.5 Å². The van der Waals surface area contributed by atoms with Crippen molar-refractivity contribution in [3.63, 3.8) is 0 Å². The molecule has 31 heavy (non-hydrogen) atoms. The second-order valence-corrected chi connectivity index (χ2v) is 8.32. The number of nitrogens with zero attached hydrogens (tertiary/aromatic N) is 3. The first-order valence-corrected chi connectivity index (χ1v) is 11.6. The summed E-state index contributed by atoms with van der Waals surface area (Å²) in [5.41, 5.74) is 4.20. The predicted octanol–water partition coefficient (Wildman–Crippen LogP) is 5.32. The Labute approximate surface area is 189 Å². The Morgan fingerprint density at radius 2 is 1.87 bits per heavy atom. The van der Waals surface area contributed by atoms with Crippen molar-refractivity contribution in [3.8, 4) is 22.8 Å². The van der Waals surface area contributed by atoms with Gasteiger partial charge in [-0.2, -0.15) is 16.4 Å². The molecule has 7 heteroatoms. The van der Waals surface area contributed by atoms with Gasteiger partial charge in [-0.15, -0.1) is 11.3 Å². The van der Waals surface area contributed by atoms with E-state index in [4.69, 9.17) is 19.6 Å². The highest BCUT2D eigenvalue weighted by atomic mass is 32.1. The van der Waals surface area contributed by atoms with Crippen LogP contribution in [0.5, 0.6) is 11.5 Å². The minimum atomic E-state index is 0.692. The molecule has 0 radical (unpaired) electrons. The summed E-state index contributed by atoms with van der Waals surface area (Å²) >= 11 is 3.22. The summed E-state index contributed by atoms with van der Waals surface area (Å²) in [6.45, 7) is 0.692. The summed E-state index contributed by atoms with van der Waals surface area (Å²) < 4.78 is 12.9. The molecule has 0 fully saturated rings. The standard InChI is InChI=1S/C24H23N3O2S2/c1-28-20-8-9-21(23(14-20)29-2)22-17-31-24(25-12-10-18-6-4-3-5-7-18)27(22)26-15-19-11-13-30-16-19/h3-9,11,13-17H,10,12H2,1-2H3. The van der Waals surface area contributed by atoms with E-state index < -0.39 is 0 Å². The van der Waals surface area contributed by atoms with E-state index >= 15 is 0 Å². The molecule has 5 nitrogen and oxygen atoms in total. The molecule has 0 aliphatic heterocycles. The van der Waals surface area contributed by atoms with Crippen LogP contribution >= 0.6 is 22.7 Å². The maximum Gasteiger partial charge on any atom is 0.206 e. The fraction of sp³-hybridized carbons (Fsp3) is 0.167. The molecule has 0 aliphatic rings. The maximum absolute atomic E-state index is 5.63. The Balaban J connectivity index is 1.72. The molecular weight excluding hydrogens is 426 g/mol. The molecular formula is C24H23N3O2S2. The van der Waals surface area contributed by atoms with Crippen molar-refractivity contribution in [3.05, 3.63) is 86.7 Å². The third-order valence-corrected chi connectivity index (χ3v) is 6.28. The summed E-state index contributed by atoms with van der Waals surface area (Å²) in [5.74, 6) is 1.48. The number of benzene rings is 2. The number of hydrogen-bond donors (Lipinski definition) is 0. The zero-order valence-corrected chi connectivity index (χ0v) is 19.0. The van der Waals surface area contributed by atoms with Crippen molar-refractivity contribution in [1.82, 2.24) is 4.68 Å². The topological polar surface area (TPSA) is 48.1 Å². The lowest BCUT2D eigenvalue weighted by molar-refractivity contribution is 0.395. The average molecular weight is 450 g/mol. The predicted molar refractivity (Wildman–Crippen MR) is 129 cm³/mol. The molecule has 2 aromatic carbocycles. The van der Waals surface area contributed by atoms with Gasteiger partial charge >= 0.3 is 0 Å². The molecule has 2 heterocycles. The highest BCUT2D eigenvalue weighted by molar-refractivity contribution is 7.08. The van der Waals surface area contributed by atoms with E-state index in [1.54, 1.807) is 36.9 Å². The van der Waals surface area contributed by atoms with Crippen molar-refractivity contribution < 1.29 is 9.47 Å². The third kappa shape index (κ3) is 5.13. The second kappa shape index (κ2) is 10.2. The second-order valence-electron chi connectivity index (χ2n) is 6.70. The smallest absolute Gasteiger partial charge is 0.206 e. The highest BCUT2D eigenvalue weighted by Gasteiger charge is 2.13. The monoisotopic (exact) mass is 449 g/mol. The zero-order chi connectivity index (χ0) is 21.5. The molecule has 0 amide bonds. The van der Waals surface area contributed by atoms with Crippen LogP contribution in [0.3, 0.4) is 0 Å². The van der Waals surface area contributed by atoms with E-state index in [2.05, 4.69) is 35.0 Å². The largest absolute Gasteiger partial charge is 0.497 e. The van der Waals surface area contributed by atoms with Crippen molar-refractivity contribution in [2.24, 2.45) is 10.1 Å². The van der Waals surface area contributed by atoms with Crippen molar-refractivity contribution in [2.75, 3.05) is 20.8 Å². The normalized spacial score (nSPS) is 11.9. The van der Waals surface area contributed by atoms with Gasteiger partial charge in [0.15, 0.2) is 0 Å². The Kier molecular flexibility index (Phi) is 6.96. The quantitative estimate of drug-likeness (QED) is 0.342. The molecule has 0 saturated heterocycles. The van der Waals surface area contributed by atoms with E-state index in [-0.39, 0.29) is 0 Å². The van der Waals surface area contributed by atoms with Crippen LogP contribution in [-0.2, 0) is 6.42 Å². The SMILES string of the molecule is COc1ccc(-c2csc(=NCCc3ccccc3)n2N=Cc2ccsc2)c(OC)c1. The van der Waals surface area contributed by atoms with Crippen molar-refractivity contribution in [2.45, 2.75) is 6.42 Å². The van der Waals surface area contributed by atoms with Gasteiger partial charge in [0, 0.05) is 29.1 Å². The van der Waals surface area contributed by atoms with Crippen LogP contribution in [0.25, 0.3) is 11.3 Å². The fourth-order valence-electron chi connectivity index (χ4n) is 3.11. The van der Waals surface area contributed by atoms with Gasteiger partial charge in [0.25, 0.3) is 0 Å². The highest BCUT2D eigenvalue weighted by Crippen LogP contribution is 2.33. The van der Waals surface area contributed by atoms with Crippen LogP contribution in [0.4, 0.5) is 0 Å². The summed E-state index contributed by atoms with van der Waals surface area (Å²) in [7, 11) is 3.31. The Morgan fingerprint density at radius 3 is 2.61 bits per heavy atom. The zero-order valence-electron chi connectivity index (χ0n) is 17.4. The number of ether oxygens (including phenoxy) is 2. The molecule has 0 N–H and O–H groups in total. The molecule has 0 aliphatic carbocycles. The summed E-state index contributed by atoms with van der Waals surface area (Å²) in [4.78, 5) is 5.68. The Bertz CT molecular complexity index is 1210. The molecule has 0 bridgehead atoms. The first-order valence-electron chi connectivity index (χ1n) is 9.82. The van der Waals surface area contributed by atoms with E-state index in [1.807, 2.05) is 46.6 Å². The Hall–Kier alpha value is -3.16. The van der Waals surface area contributed by atoms with Crippen molar-refractivity contribution >= 4 is 28.9 Å². The number of hydrogen-bond acceptors (Lipinski definition) is 6. The number of thiazole rings is 1. The van der Waals surface area contributed by atoms with Gasteiger partial charge in [0.05, 0.1) is 26.1 Å². The molecule has 0 atom stereocenters. The molecule has 0 unspecified atom stereocenters. The molecule has 4 rings (SSSR count). The lowest BCUT2D eigenvalue weighted by Gasteiger charge is -2.10. The van der Waals surface area contributed by atoms with Crippen LogP contribution in [0.2, 0.25) is 0 Å². The van der Waals surface area contributed by atoms with Gasteiger partial charge in [-0.1, -0.05) is 30.3 Å². The van der Waals surface area contributed by atoms with Gasteiger partial charge in [-0.3, -0.25) is 4.99 Å². The fourth-order valence-corrected chi connectivity index (χ4v) is 4.58. The first-order chi connectivity index (χ1) is 15.3. The lowest BCUT2D eigenvalue weighted by Crippen LogP contribution is -2.13. The minimum Gasteiger partial charge on any atom is -0.497 e. The van der Waals surface area contributed by atoms with Gasteiger partial charge in [0.1, 0.15) is 11.5 Å². The minimum absolute atomic E-state index is 0.692.